The summed E-state index contributed by atoms with van der Waals surface area (Å²) in [7, 11) is 1.55. The second kappa shape index (κ2) is 8.70. The van der Waals surface area contributed by atoms with Crippen molar-refractivity contribution in [3.05, 3.63) is 54.1 Å². The number of amides is 1. The summed E-state index contributed by atoms with van der Waals surface area (Å²) in [5.41, 5.74) is 0.883. The first kappa shape index (κ1) is 18.9. The van der Waals surface area contributed by atoms with E-state index in [0.717, 1.165) is 43.1 Å². The number of rotatable bonds is 7. The van der Waals surface area contributed by atoms with Crippen LogP contribution in [0.3, 0.4) is 0 Å². The second-order valence-corrected chi connectivity index (χ2v) is 6.78. The molecule has 0 aliphatic carbocycles. The van der Waals surface area contributed by atoms with E-state index in [-0.39, 0.29) is 5.91 Å². The molecule has 1 fully saturated rings. The van der Waals surface area contributed by atoms with Gasteiger partial charge in [-0.2, -0.15) is 5.26 Å². The van der Waals surface area contributed by atoms with Crippen LogP contribution in [0.1, 0.15) is 35.2 Å². The van der Waals surface area contributed by atoms with E-state index >= 15 is 0 Å². The highest BCUT2D eigenvalue weighted by Crippen LogP contribution is 2.32. The van der Waals surface area contributed by atoms with Gasteiger partial charge in [0.2, 0.25) is 0 Å². The second-order valence-electron chi connectivity index (χ2n) is 6.78. The summed E-state index contributed by atoms with van der Waals surface area (Å²) in [4.78, 5) is 15.3. The van der Waals surface area contributed by atoms with Gasteiger partial charge in [0.05, 0.1) is 24.3 Å². The van der Waals surface area contributed by atoms with Gasteiger partial charge in [-0.1, -0.05) is 30.3 Å². The summed E-state index contributed by atoms with van der Waals surface area (Å²) in [6, 6.07) is 11.7. The fourth-order valence-electron chi connectivity index (χ4n) is 3.81. The van der Waals surface area contributed by atoms with Crippen LogP contribution < -0.4 is 10.1 Å². The molecule has 1 N–H and O–H groups in total. The van der Waals surface area contributed by atoms with Crippen LogP contribution in [0.25, 0.3) is 10.8 Å². The van der Waals surface area contributed by atoms with Gasteiger partial charge in [-0.15, -0.1) is 6.58 Å². The largest absolute Gasteiger partial charge is 0.495 e. The lowest BCUT2D eigenvalue weighted by atomic mass is 9.99. The molecule has 1 atom stereocenters. The Bertz CT molecular complexity index is 885. The van der Waals surface area contributed by atoms with E-state index in [1.54, 1.807) is 13.2 Å². The monoisotopic (exact) mass is 363 g/mol. The van der Waals surface area contributed by atoms with Crippen LogP contribution in [0, 0.1) is 11.3 Å². The zero-order chi connectivity index (χ0) is 19.2. The maximum atomic E-state index is 12.9. The Kier molecular flexibility index (Phi) is 6.10. The average Bonchev–Trinajstić information content (AvgIpc) is 3.16. The maximum Gasteiger partial charge on any atom is 0.255 e. The number of hydrogen-bond acceptors (Lipinski definition) is 4. The van der Waals surface area contributed by atoms with Crippen molar-refractivity contribution in [2.24, 2.45) is 0 Å². The van der Waals surface area contributed by atoms with Gasteiger partial charge in [-0.25, -0.2) is 0 Å². The number of carbonyl (C=O) groups is 1. The number of nitrogens with zero attached hydrogens (tertiary/aromatic N) is 2. The normalized spacial score (nSPS) is 16.8. The number of nitriles is 1. The maximum absolute atomic E-state index is 12.9. The van der Waals surface area contributed by atoms with Gasteiger partial charge >= 0.3 is 0 Å². The van der Waals surface area contributed by atoms with E-state index in [1.165, 1.54) is 0 Å². The van der Waals surface area contributed by atoms with Crippen molar-refractivity contribution < 1.29 is 9.53 Å². The smallest absolute Gasteiger partial charge is 0.255 e. The molecule has 2 aromatic carbocycles. The lowest BCUT2D eigenvalue weighted by molar-refractivity contribution is 0.0938. The number of benzene rings is 2. The van der Waals surface area contributed by atoms with E-state index in [4.69, 9.17) is 4.74 Å². The fraction of sp³-hybridized carbons (Fsp3) is 0.364. The van der Waals surface area contributed by atoms with E-state index in [2.05, 4.69) is 22.9 Å². The minimum Gasteiger partial charge on any atom is -0.495 e. The summed E-state index contributed by atoms with van der Waals surface area (Å²) in [5.74, 6) is 0.307. The fourth-order valence-corrected chi connectivity index (χ4v) is 3.81. The van der Waals surface area contributed by atoms with Crippen molar-refractivity contribution in [2.45, 2.75) is 25.3 Å². The van der Waals surface area contributed by atoms with E-state index in [0.29, 0.717) is 29.5 Å². The number of likely N-dealkylation sites (tertiary alicyclic amines) is 1. The Hall–Kier alpha value is -2.84. The third-order valence-corrected chi connectivity index (χ3v) is 5.18. The Balaban J connectivity index is 1.81. The van der Waals surface area contributed by atoms with Crippen LogP contribution >= 0.6 is 0 Å². The first-order chi connectivity index (χ1) is 13.2. The molecule has 1 amide bonds. The third kappa shape index (κ3) is 3.96. The molecule has 0 spiro atoms. The topological polar surface area (TPSA) is 65.4 Å². The molecule has 1 aliphatic heterocycles. The highest BCUT2D eigenvalue weighted by atomic mass is 16.5. The summed E-state index contributed by atoms with van der Waals surface area (Å²) >= 11 is 0. The molecule has 1 saturated heterocycles. The average molecular weight is 363 g/mol. The molecule has 5 nitrogen and oxygen atoms in total. The van der Waals surface area contributed by atoms with Crippen LogP contribution in [-0.2, 0) is 0 Å². The molecule has 1 heterocycles. The predicted molar refractivity (Wildman–Crippen MR) is 107 cm³/mol. The third-order valence-electron chi connectivity index (χ3n) is 5.18. The van der Waals surface area contributed by atoms with Crippen molar-refractivity contribution in [2.75, 3.05) is 26.7 Å². The molecule has 0 radical (unpaired) electrons. The first-order valence-electron chi connectivity index (χ1n) is 9.32. The van der Waals surface area contributed by atoms with Gasteiger partial charge in [-0.3, -0.25) is 9.69 Å². The van der Waals surface area contributed by atoms with E-state index in [9.17, 15) is 10.1 Å². The molecule has 1 unspecified atom stereocenters. The number of carbonyl (C=O) groups excluding carboxylic acids is 1. The van der Waals surface area contributed by atoms with Crippen molar-refractivity contribution in [1.29, 1.82) is 5.26 Å². The lowest BCUT2D eigenvalue weighted by Crippen LogP contribution is -2.40. The van der Waals surface area contributed by atoms with Gasteiger partial charge in [-0.05, 0) is 31.9 Å². The number of hydrogen-bond donors (Lipinski definition) is 1. The van der Waals surface area contributed by atoms with Crippen molar-refractivity contribution in [1.82, 2.24) is 10.2 Å². The highest BCUT2D eigenvalue weighted by molar-refractivity contribution is 6.05. The van der Waals surface area contributed by atoms with Gasteiger partial charge < -0.3 is 10.1 Å². The van der Waals surface area contributed by atoms with Crippen LogP contribution in [0.4, 0.5) is 0 Å². The van der Waals surface area contributed by atoms with Gasteiger partial charge in [0.25, 0.3) is 5.91 Å². The zero-order valence-corrected chi connectivity index (χ0v) is 15.7. The quantitative estimate of drug-likeness (QED) is 0.765. The number of methoxy groups -OCH3 is 1. The van der Waals surface area contributed by atoms with Crippen LogP contribution in [0.15, 0.2) is 43.0 Å². The van der Waals surface area contributed by atoms with Crippen LogP contribution in [-0.4, -0.2) is 43.6 Å². The SMILES string of the molecule is C=CCCN1CCCC1CNC(=O)c1cc(C#N)c2ccccc2c1OC. The highest BCUT2D eigenvalue weighted by Gasteiger charge is 2.25. The molecule has 5 heteroatoms. The van der Waals surface area contributed by atoms with E-state index in [1.807, 2.05) is 30.3 Å². The van der Waals surface area contributed by atoms with Crippen molar-refractivity contribution >= 4 is 16.7 Å². The Morgan fingerprint density at radius 2 is 2.22 bits per heavy atom. The lowest BCUT2D eigenvalue weighted by Gasteiger charge is -2.24. The summed E-state index contributed by atoms with van der Waals surface area (Å²) in [6.45, 7) is 6.41. The Morgan fingerprint density at radius 3 is 2.93 bits per heavy atom. The summed E-state index contributed by atoms with van der Waals surface area (Å²) in [6.07, 6.45) is 5.11. The minimum atomic E-state index is -0.204. The van der Waals surface area contributed by atoms with E-state index < -0.39 is 0 Å². The van der Waals surface area contributed by atoms with Crippen molar-refractivity contribution in [3.63, 3.8) is 0 Å². The predicted octanol–water partition coefficient (Wildman–Crippen LogP) is 3.49. The molecule has 2 aromatic rings. The van der Waals surface area contributed by atoms with Crippen LogP contribution in [0.2, 0.25) is 0 Å². The first-order valence-corrected chi connectivity index (χ1v) is 9.32. The molecular formula is C22H25N3O2. The standard InChI is InChI=1S/C22H25N3O2/c1-3-4-11-25-12-7-8-17(25)15-24-22(26)20-13-16(14-23)18-9-5-6-10-19(18)21(20)27-2/h3,5-6,9-10,13,17H,1,4,7-8,11-12,15H2,2H3,(H,24,26). The molecule has 0 saturated carbocycles. The number of fused-ring (bicyclic) bond motifs is 1. The molecule has 140 valence electrons. The van der Waals surface area contributed by atoms with Gasteiger partial charge in [0.15, 0.2) is 0 Å². The number of nitrogens with one attached hydrogen (secondary N) is 1. The van der Waals surface area contributed by atoms with Crippen molar-refractivity contribution in [3.8, 4) is 11.8 Å². The molecule has 0 aromatic heterocycles. The Morgan fingerprint density at radius 1 is 1.44 bits per heavy atom. The summed E-state index contributed by atoms with van der Waals surface area (Å²) in [5, 5.41) is 14.1. The molecular weight excluding hydrogens is 338 g/mol. The molecule has 27 heavy (non-hydrogen) atoms. The Labute approximate surface area is 160 Å². The zero-order valence-electron chi connectivity index (χ0n) is 15.7. The van der Waals surface area contributed by atoms with Gasteiger partial charge in [0, 0.05) is 29.9 Å². The van der Waals surface area contributed by atoms with Gasteiger partial charge in [0.1, 0.15) is 5.75 Å². The van der Waals surface area contributed by atoms with Crippen LogP contribution in [0.5, 0.6) is 5.75 Å². The molecule has 3 rings (SSSR count). The summed E-state index contributed by atoms with van der Waals surface area (Å²) < 4.78 is 5.53. The number of ether oxygens (including phenoxy) is 1. The molecule has 0 bridgehead atoms. The molecule has 1 aliphatic rings. The minimum absolute atomic E-state index is 0.204.